The summed E-state index contributed by atoms with van der Waals surface area (Å²) in [5.41, 5.74) is 1.26. The molecule has 1 aromatic heterocycles. The molecule has 3 nitrogen and oxygen atoms in total. The lowest BCUT2D eigenvalue weighted by Crippen LogP contribution is -2.07. The molecule has 2 aromatic rings. The predicted molar refractivity (Wildman–Crippen MR) is 73.0 cm³/mol. The zero-order valence-electron chi connectivity index (χ0n) is 10.3. The summed E-state index contributed by atoms with van der Waals surface area (Å²) >= 11 is 1.75. The van der Waals surface area contributed by atoms with Crippen molar-refractivity contribution < 1.29 is 14.3 Å². The van der Waals surface area contributed by atoms with Crippen LogP contribution < -0.4 is 0 Å². The van der Waals surface area contributed by atoms with Gasteiger partial charge in [0.25, 0.3) is 0 Å². The maximum atomic E-state index is 10.9. The molecule has 0 atom stereocenters. The van der Waals surface area contributed by atoms with Crippen LogP contribution >= 0.6 is 11.3 Å². The van der Waals surface area contributed by atoms with Crippen molar-refractivity contribution >= 4 is 27.4 Å². The Balaban J connectivity index is 1.74. The van der Waals surface area contributed by atoms with Gasteiger partial charge in [-0.05, 0) is 34.9 Å². The minimum absolute atomic E-state index is 0.227. The number of carbonyl (C=O) groups is 1. The van der Waals surface area contributed by atoms with Crippen LogP contribution in [-0.4, -0.2) is 26.3 Å². The zero-order valence-corrected chi connectivity index (χ0v) is 11.2. The number of methoxy groups -OCH3 is 1. The second-order valence-corrected chi connectivity index (χ2v) is 4.93. The Morgan fingerprint density at radius 2 is 2.17 bits per heavy atom. The first-order valence-corrected chi connectivity index (χ1v) is 6.78. The van der Waals surface area contributed by atoms with Crippen molar-refractivity contribution in [3.05, 3.63) is 35.2 Å². The van der Waals surface area contributed by atoms with Crippen LogP contribution in [0.5, 0.6) is 0 Å². The molecular formula is C14H16O3S. The molecule has 0 saturated heterocycles. The Labute approximate surface area is 110 Å². The van der Waals surface area contributed by atoms with E-state index in [1.54, 1.807) is 11.3 Å². The number of esters is 1. The van der Waals surface area contributed by atoms with Crippen LogP contribution in [0.4, 0.5) is 0 Å². The molecule has 0 radical (unpaired) electrons. The summed E-state index contributed by atoms with van der Waals surface area (Å²) in [6.07, 6.45) is 1.19. The van der Waals surface area contributed by atoms with Crippen molar-refractivity contribution in [1.29, 1.82) is 0 Å². The van der Waals surface area contributed by atoms with Crippen molar-refractivity contribution in [1.82, 2.24) is 0 Å². The third-order valence-corrected chi connectivity index (χ3v) is 3.63. The Morgan fingerprint density at radius 1 is 1.28 bits per heavy atom. The van der Waals surface area contributed by atoms with Gasteiger partial charge in [0.05, 0.1) is 26.7 Å². The standard InChI is InChI=1S/C14H16O3S/c1-16-14(15)5-8-17-7-4-11-2-3-13-12(10-11)6-9-18-13/h2-3,6,9-10H,4-5,7-8H2,1H3. The summed E-state index contributed by atoms with van der Waals surface area (Å²) in [7, 11) is 1.39. The molecule has 4 heteroatoms. The van der Waals surface area contributed by atoms with Crippen molar-refractivity contribution in [2.75, 3.05) is 20.3 Å². The summed E-state index contributed by atoms with van der Waals surface area (Å²) in [6, 6.07) is 8.59. The Hall–Kier alpha value is -1.39. The van der Waals surface area contributed by atoms with Gasteiger partial charge in [-0.25, -0.2) is 0 Å². The number of rotatable bonds is 6. The van der Waals surface area contributed by atoms with E-state index in [4.69, 9.17) is 4.74 Å². The van der Waals surface area contributed by atoms with Crippen LogP contribution in [0.2, 0.25) is 0 Å². The quantitative estimate of drug-likeness (QED) is 0.594. The maximum Gasteiger partial charge on any atom is 0.307 e. The fraction of sp³-hybridized carbons (Fsp3) is 0.357. The van der Waals surface area contributed by atoms with E-state index in [-0.39, 0.29) is 5.97 Å². The number of ether oxygens (including phenoxy) is 2. The minimum Gasteiger partial charge on any atom is -0.469 e. The Bertz CT molecular complexity index is 518. The van der Waals surface area contributed by atoms with E-state index in [9.17, 15) is 4.79 Å². The lowest BCUT2D eigenvalue weighted by molar-refractivity contribution is -0.141. The van der Waals surface area contributed by atoms with E-state index < -0.39 is 0 Å². The monoisotopic (exact) mass is 264 g/mol. The van der Waals surface area contributed by atoms with E-state index in [1.807, 2.05) is 0 Å². The highest BCUT2D eigenvalue weighted by atomic mass is 32.1. The number of hydrogen-bond donors (Lipinski definition) is 0. The van der Waals surface area contributed by atoms with Gasteiger partial charge in [-0.3, -0.25) is 4.79 Å². The molecule has 1 aromatic carbocycles. The van der Waals surface area contributed by atoms with E-state index in [0.29, 0.717) is 19.6 Å². The molecule has 96 valence electrons. The molecule has 0 aliphatic rings. The fourth-order valence-electron chi connectivity index (χ4n) is 1.72. The number of hydrogen-bond acceptors (Lipinski definition) is 4. The topological polar surface area (TPSA) is 35.5 Å². The van der Waals surface area contributed by atoms with Crippen LogP contribution in [0, 0.1) is 0 Å². The molecule has 0 fully saturated rings. The first-order valence-electron chi connectivity index (χ1n) is 5.90. The normalized spacial score (nSPS) is 10.7. The van der Waals surface area contributed by atoms with Crippen molar-refractivity contribution in [3.63, 3.8) is 0 Å². The van der Waals surface area contributed by atoms with E-state index in [1.165, 1.54) is 22.8 Å². The number of carbonyl (C=O) groups excluding carboxylic acids is 1. The third kappa shape index (κ3) is 3.55. The van der Waals surface area contributed by atoms with Gasteiger partial charge < -0.3 is 9.47 Å². The zero-order chi connectivity index (χ0) is 12.8. The van der Waals surface area contributed by atoms with Crippen LogP contribution in [-0.2, 0) is 20.7 Å². The van der Waals surface area contributed by atoms with Crippen molar-refractivity contribution in [2.45, 2.75) is 12.8 Å². The van der Waals surface area contributed by atoms with E-state index >= 15 is 0 Å². The minimum atomic E-state index is -0.227. The second kappa shape index (κ2) is 6.52. The molecule has 0 spiro atoms. The molecule has 0 N–H and O–H groups in total. The summed E-state index contributed by atoms with van der Waals surface area (Å²) in [4.78, 5) is 10.9. The van der Waals surface area contributed by atoms with Gasteiger partial charge in [0.2, 0.25) is 0 Å². The number of benzene rings is 1. The van der Waals surface area contributed by atoms with Gasteiger partial charge in [0.15, 0.2) is 0 Å². The average Bonchev–Trinajstić information content (AvgIpc) is 2.85. The van der Waals surface area contributed by atoms with Gasteiger partial charge in [0.1, 0.15) is 0 Å². The van der Waals surface area contributed by atoms with Crippen LogP contribution in [0.25, 0.3) is 10.1 Å². The van der Waals surface area contributed by atoms with Crippen molar-refractivity contribution in [3.8, 4) is 0 Å². The predicted octanol–water partition coefficient (Wildman–Crippen LogP) is 3.02. The Kier molecular flexibility index (Phi) is 4.73. The third-order valence-electron chi connectivity index (χ3n) is 2.73. The molecule has 0 saturated carbocycles. The summed E-state index contributed by atoms with van der Waals surface area (Å²) < 4.78 is 11.3. The van der Waals surface area contributed by atoms with Crippen molar-refractivity contribution in [2.24, 2.45) is 0 Å². The van der Waals surface area contributed by atoms with Crippen LogP contribution in [0.15, 0.2) is 29.6 Å². The van der Waals surface area contributed by atoms with Gasteiger partial charge in [0, 0.05) is 4.70 Å². The first kappa shape index (κ1) is 13.1. The molecule has 18 heavy (non-hydrogen) atoms. The first-order chi connectivity index (χ1) is 8.79. The molecular weight excluding hydrogens is 248 g/mol. The van der Waals surface area contributed by atoms with Gasteiger partial charge in [-0.15, -0.1) is 11.3 Å². The van der Waals surface area contributed by atoms with Crippen LogP contribution in [0.1, 0.15) is 12.0 Å². The smallest absolute Gasteiger partial charge is 0.307 e. The lowest BCUT2D eigenvalue weighted by atomic mass is 10.1. The summed E-state index contributed by atoms with van der Waals surface area (Å²) in [5, 5.41) is 3.38. The SMILES string of the molecule is COC(=O)CCOCCc1ccc2sccc2c1. The fourth-order valence-corrected chi connectivity index (χ4v) is 2.49. The van der Waals surface area contributed by atoms with Crippen LogP contribution in [0.3, 0.4) is 0 Å². The second-order valence-electron chi connectivity index (χ2n) is 3.98. The summed E-state index contributed by atoms with van der Waals surface area (Å²) in [5.74, 6) is -0.227. The Morgan fingerprint density at radius 3 is 3.00 bits per heavy atom. The molecule has 0 bridgehead atoms. The largest absolute Gasteiger partial charge is 0.469 e. The molecule has 0 amide bonds. The highest BCUT2D eigenvalue weighted by molar-refractivity contribution is 7.17. The van der Waals surface area contributed by atoms with Gasteiger partial charge in [-0.2, -0.15) is 0 Å². The molecule has 0 aliphatic heterocycles. The van der Waals surface area contributed by atoms with Gasteiger partial charge in [-0.1, -0.05) is 12.1 Å². The molecule has 0 aliphatic carbocycles. The lowest BCUT2D eigenvalue weighted by Gasteiger charge is -2.04. The van der Waals surface area contributed by atoms with E-state index in [0.717, 1.165) is 6.42 Å². The highest BCUT2D eigenvalue weighted by Gasteiger charge is 2.01. The summed E-state index contributed by atoms with van der Waals surface area (Å²) in [6.45, 7) is 1.06. The molecule has 1 heterocycles. The average molecular weight is 264 g/mol. The highest BCUT2D eigenvalue weighted by Crippen LogP contribution is 2.21. The number of fused-ring (bicyclic) bond motifs is 1. The molecule has 2 rings (SSSR count). The van der Waals surface area contributed by atoms with Gasteiger partial charge >= 0.3 is 5.97 Å². The maximum absolute atomic E-state index is 10.9. The number of thiophene rings is 1. The molecule has 0 unspecified atom stereocenters. The van der Waals surface area contributed by atoms with E-state index in [2.05, 4.69) is 34.4 Å².